The zero-order valence-corrected chi connectivity index (χ0v) is 12.2. The van der Waals surface area contributed by atoms with Crippen LogP contribution in [0, 0.1) is 5.41 Å². The van der Waals surface area contributed by atoms with Gasteiger partial charge in [-0.1, -0.05) is 20.3 Å². The first-order valence-corrected chi connectivity index (χ1v) is 7.67. The van der Waals surface area contributed by atoms with Crippen molar-refractivity contribution < 1.29 is 4.74 Å². The van der Waals surface area contributed by atoms with E-state index in [1.807, 2.05) is 0 Å². The molecule has 0 amide bonds. The number of piperidine rings is 1. The standard InChI is InChI=1S/C15H30N2O/c1-3-14(2)6-9-17(10-7-14)15(13-16)5-4-11-18-12-8-15/h3-13,16H2,1-2H3. The van der Waals surface area contributed by atoms with E-state index in [2.05, 4.69) is 18.7 Å². The van der Waals surface area contributed by atoms with Gasteiger partial charge in [-0.25, -0.2) is 0 Å². The molecule has 0 aromatic carbocycles. The molecule has 0 bridgehead atoms. The Bertz CT molecular complexity index is 251. The zero-order valence-electron chi connectivity index (χ0n) is 12.2. The molecular formula is C15H30N2O. The highest BCUT2D eigenvalue weighted by molar-refractivity contribution is 4.96. The number of hydrogen-bond donors (Lipinski definition) is 1. The molecule has 0 aromatic heterocycles. The van der Waals surface area contributed by atoms with Gasteiger partial charge in [0.05, 0.1) is 0 Å². The summed E-state index contributed by atoms with van der Waals surface area (Å²) in [6, 6.07) is 0. The van der Waals surface area contributed by atoms with Gasteiger partial charge >= 0.3 is 0 Å². The highest BCUT2D eigenvalue weighted by Gasteiger charge is 2.40. The molecule has 106 valence electrons. The fourth-order valence-electron chi connectivity index (χ4n) is 3.52. The van der Waals surface area contributed by atoms with E-state index < -0.39 is 0 Å². The van der Waals surface area contributed by atoms with Crippen molar-refractivity contribution in [1.29, 1.82) is 0 Å². The van der Waals surface area contributed by atoms with Crippen LogP contribution in [0.25, 0.3) is 0 Å². The van der Waals surface area contributed by atoms with Crippen LogP contribution in [0.2, 0.25) is 0 Å². The SMILES string of the molecule is CCC1(C)CCN(C2(CN)CCCOCC2)CC1. The number of nitrogens with zero attached hydrogens (tertiary/aromatic N) is 1. The largest absolute Gasteiger partial charge is 0.381 e. The number of hydrogen-bond acceptors (Lipinski definition) is 3. The van der Waals surface area contributed by atoms with Gasteiger partial charge in [-0.2, -0.15) is 0 Å². The van der Waals surface area contributed by atoms with Crippen molar-refractivity contribution in [3.05, 3.63) is 0 Å². The van der Waals surface area contributed by atoms with Crippen LogP contribution in [0.1, 0.15) is 52.4 Å². The lowest BCUT2D eigenvalue weighted by atomic mass is 9.76. The second-order valence-corrected chi connectivity index (χ2v) is 6.55. The van der Waals surface area contributed by atoms with Crippen LogP contribution in [-0.2, 0) is 4.74 Å². The van der Waals surface area contributed by atoms with Crippen molar-refractivity contribution in [3.63, 3.8) is 0 Å². The summed E-state index contributed by atoms with van der Waals surface area (Å²) in [7, 11) is 0. The molecule has 0 radical (unpaired) electrons. The minimum atomic E-state index is 0.228. The molecule has 2 aliphatic rings. The van der Waals surface area contributed by atoms with Crippen molar-refractivity contribution in [2.75, 3.05) is 32.8 Å². The summed E-state index contributed by atoms with van der Waals surface area (Å²) in [5.74, 6) is 0. The fourth-order valence-corrected chi connectivity index (χ4v) is 3.52. The van der Waals surface area contributed by atoms with Gasteiger partial charge < -0.3 is 10.5 Å². The third kappa shape index (κ3) is 2.89. The van der Waals surface area contributed by atoms with Gasteiger partial charge in [0.15, 0.2) is 0 Å². The predicted molar refractivity (Wildman–Crippen MR) is 75.7 cm³/mol. The maximum Gasteiger partial charge on any atom is 0.0484 e. The number of rotatable bonds is 3. The summed E-state index contributed by atoms with van der Waals surface area (Å²) in [6.07, 6.45) is 7.45. The van der Waals surface area contributed by atoms with Gasteiger partial charge in [0.25, 0.3) is 0 Å². The molecule has 2 rings (SSSR count). The molecule has 3 nitrogen and oxygen atoms in total. The average Bonchev–Trinajstić information content (AvgIpc) is 2.66. The van der Waals surface area contributed by atoms with E-state index in [9.17, 15) is 0 Å². The van der Waals surface area contributed by atoms with E-state index in [4.69, 9.17) is 10.5 Å². The van der Waals surface area contributed by atoms with E-state index in [1.165, 1.54) is 45.2 Å². The lowest BCUT2D eigenvalue weighted by Crippen LogP contribution is -2.57. The Hall–Kier alpha value is -0.120. The Kier molecular flexibility index (Phi) is 4.68. The van der Waals surface area contributed by atoms with Crippen molar-refractivity contribution in [3.8, 4) is 0 Å². The Morgan fingerprint density at radius 2 is 1.83 bits per heavy atom. The Labute approximate surface area is 112 Å². The highest BCUT2D eigenvalue weighted by atomic mass is 16.5. The van der Waals surface area contributed by atoms with E-state index >= 15 is 0 Å². The minimum absolute atomic E-state index is 0.228. The van der Waals surface area contributed by atoms with Crippen LogP contribution in [-0.4, -0.2) is 43.3 Å². The molecule has 18 heavy (non-hydrogen) atoms. The van der Waals surface area contributed by atoms with Crippen LogP contribution in [0.5, 0.6) is 0 Å². The molecule has 1 atom stereocenters. The Morgan fingerprint density at radius 3 is 2.44 bits per heavy atom. The molecular weight excluding hydrogens is 224 g/mol. The molecule has 3 heteroatoms. The molecule has 0 aliphatic carbocycles. The van der Waals surface area contributed by atoms with Gasteiger partial charge in [-0.3, -0.25) is 4.90 Å². The van der Waals surface area contributed by atoms with Crippen LogP contribution < -0.4 is 5.73 Å². The average molecular weight is 254 g/mol. The summed E-state index contributed by atoms with van der Waals surface area (Å²) in [4.78, 5) is 2.68. The van der Waals surface area contributed by atoms with E-state index in [-0.39, 0.29) is 5.54 Å². The molecule has 2 heterocycles. The Morgan fingerprint density at radius 1 is 1.11 bits per heavy atom. The van der Waals surface area contributed by atoms with Gasteiger partial charge in [-0.15, -0.1) is 0 Å². The molecule has 0 aromatic rings. The van der Waals surface area contributed by atoms with Gasteiger partial charge in [0.2, 0.25) is 0 Å². The summed E-state index contributed by atoms with van der Waals surface area (Å²) >= 11 is 0. The third-order valence-corrected chi connectivity index (χ3v) is 5.52. The number of nitrogens with two attached hydrogens (primary N) is 1. The molecule has 2 fully saturated rings. The molecule has 1 unspecified atom stereocenters. The first kappa shape index (κ1) is 14.3. The molecule has 2 aliphatic heterocycles. The Balaban J connectivity index is 2.01. The first-order valence-electron chi connectivity index (χ1n) is 7.67. The molecule has 0 spiro atoms. The van der Waals surface area contributed by atoms with Gasteiger partial charge in [0.1, 0.15) is 0 Å². The summed E-state index contributed by atoms with van der Waals surface area (Å²) in [5, 5.41) is 0. The predicted octanol–water partition coefficient (Wildman–Crippen LogP) is 2.40. The van der Waals surface area contributed by atoms with Crippen LogP contribution in [0.3, 0.4) is 0 Å². The highest BCUT2D eigenvalue weighted by Crippen LogP contribution is 2.38. The smallest absolute Gasteiger partial charge is 0.0484 e. The first-order chi connectivity index (χ1) is 8.64. The number of likely N-dealkylation sites (tertiary alicyclic amines) is 1. The maximum absolute atomic E-state index is 6.14. The minimum Gasteiger partial charge on any atom is -0.381 e. The number of ether oxygens (including phenoxy) is 1. The van der Waals surface area contributed by atoms with Gasteiger partial charge in [-0.05, 0) is 50.6 Å². The molecule has 0 saturated carbocycles. The lowest BCUT2D eigenvalue weighted by Gasteiger charge is -2.49. The van der Waals surface area contributed by atoms with Crippen LogP contribution in [0.4, 0.5) is 0 Å². The summed E-state index contributed by atoms with van der Waals surface area (Å²) < 4.78 is 5.62. The monoisotopic (exact) mass is 254 g/mol. The topological polar surface area (TPSA) is 38.5 Å². The molecule has 2 N–H and O–H groups in total. The quantitative estimate of drug-likeness (QED) is 0.840. The van der Waals surface area contributed by atoms with Gasteiger partial charge in [0, 0.05) is 25.3 Å². The maximum atomic E-state index is 6.14. The van der Waals surface area contributed by atoms with E-state index in [0.29, 0.717) is 5.41 Å². The fraction of sp³-hybridized carbons (Fsp3) is 1.00. The van der Waals surface area contributed by atoms with Crippen LogP contribution >= 0.6 is 0 Å². The van der Waals surface area contributed by atoms with Crippen LogP contribution in [0.15, 0.2) is 0 Å². The van der Waals surface area contributed by atoms with Crippen molar-refractivity contribution in [2.24, 2.45) is 11.1 Å². The second-order valence-electron chi connectivity index (χ2n) is 6.55. The normalized spacial score (nSPS) is 34.2. The lowest BCUT2D eigenvalue weighted by molar-refractivity contribution is 0.0123. The van der Waals surface area contributed by atoms with Crippen molar-refractivity contribution >= 4 is 0 Å². The van der Waals surface area contributed by atoms with Crippen molar-refractivity contribution in [2.45, 2.75) is 57.9 Å². The van der Waals surface area contributed by atoms with E-state index in [1.54, 1.807) is 0 Å². The zero-order chi connectivity index (χ0) is 13.1. The molecule has 2 saturated heterocycles. The van der Waals surface area contributed by atoms with Crippen molar-refractivity contribution in [1.82, 2.24) is 4.90 Å². The second kappa shape index (κ2) is 5.89. The van der Waals surface area contributed by atoms with E-state index in [0.717, 1.165) is 26.2 Å². The summed E-state index contributed by atoms with van der Waals surface area (Å²) in [6.45, 7) is 9.81. The summed E-state index contributed by atoms with van der Waals surface area (Å²) in [5.41, 5.74) is 6.93. The third-order valence-electron chi connectivity index (χ3n) is 5.52.